The van der Waals surface area contributed by atoms with E-state index in [-0.39, 0.29) is 0 Å². The van der Waals surface area contributed by atoms with E-state index in [1.54, 1.807) is 0 Å². The van der Waals surface area contributed by atoms with Gasteiger partial charge in [0.05, 0.1) is 0 Å². The highest BCUT2D eigenvalue weighted by Gasteiger charge is 2.31. The van der Waals surface area contributed by atoms with Crippen LogP contribution in [0.3, 0.4) is 0 Å². The van der Waals surface area contributed by atoms with Gasteiger partial charge in [0.25, 0.3) is 0 Å². The van der Waals surface area contributed by atoms with Gasteiger partial charge < -0.3 is 5.32 Å². The Morgan fingerprint density at radius 3 is 2.75 bits per heavy atom. The minimum absolute atomic E-state index is 0.595. The fraction of sp³-hybridized carbons (Fsp3) is 0.667. The summed E-state index contributed by atoms with van der Waals surface area (Å²) < 4.78 is 0. The fourth-order valence-electron chi connectivity index (χ4n) is 3.66. The lowest BCUT2D eigenvalue weighted by Crippen LogP contribution is -2.46. The topological polar surface area (TPSA) is 15.3 Å². The van der Waals surface area contributed by atoms with Gasteiger partial charge in [-0.15, -0.1) is 0 Å². The van der Waals surface area contributed by atoms with Crippen molar-refractivity contribution in [3.8, 4) is 0 Å². The van der Waals surface area contributed by atoms with Crippen LogP contribution in [0.15, 0.2) is 24.3 Å². The standard InChI is InChI=1S/C18H28N2/c1-3-18(2)10-12-20(13-11-18)16-9-8-15-6-4-5-7-17(15)19-14-16/h4-7,16,19H,3,8-14H2,1-2H3. The van der Waals surface area contributed by atoms with E-state index in [0.29, 0.717) is 11.5 Å². The van der Waals surface area contributed by atoms with Gasteiger partial charge in [-0.25, -0.2) is 0 Å². The van der Waals surface area contributed by atoms with Crippen LogP contribution in [0.4, 0.5) is 5.69 Å². The summed E-state index contributed by atoms with van der Waals surface area (Å²) in [6.07, 6.45) is 6.58. The van der Waals surface area contributed by atoms with Gasteiger partial charge in [0.2, 0.25) is 0 Å². The molecular formula is C18H28N2. The number of nitrogens with one attached hydrogen (secondary N) is 1. The van der Waals surface area contributed by atoms with E-state index in [1.807, 2.05) is 0 Å². The Morgan fingerprint density at radius 1 is 1.25 bits per heavy atom. The highest BCUT2D eigenvalue weighted by molar-refractivity contribution is 5.52. The Labute approximate surface area is 123 Å². The zero-order valence-corrected chi connectivity index (χ0v) is 13.0. The normalized spacial score (nSPS) is 26.4. The fourth-order valence-corrected chi connectivity index (χ4v) is 3.66. The molecule has 20 heavy (non-hydrogen) atoms. The Kier molecular flexibility index (Phi) is 4.02. The second-order valence-corrected chi connectivity index (χ2v) is 6.93. The average Bonchev–Trinajstić information content (AvgIpc) is 2.71. The summed E-state index contributed by atoms with van der Waals surface area (Å²) in [6, 6.07) is 9.51. The summed E-state index contributed by atoms with van der Waals surface area (Å²) in [6.45, 7) is 8.49. The second-order valence-electron chi connectivity index (χ2n) is 6.93. The van der Waals surface area contributed by atoms with Crippen LogP contribution in [0.25, 0.3) is 0 Å². The molecule has 0 spiro atoms. The molecule has 0 bridgehead atoms. The number of fused-ring (bicyclic) bond motifs is 1. The van der Waals surface area contributed by atoms with Gasteiger partial charge in [-0.05, 0) is 55.8 Å². The van der Waals surface area contributed by atoms with E-state index in [2.05, 4.69) is 48.3 Å². The number of aryl methyl sites for hydroxylation is 1. The molecule has 2 heteroatoms. The number of para-hydroxylation sites is 1. The number of hydrogen-bond acceptors (Lipinski definition) is 2. The molecule has 1 aromatic rings. The molecule has 1 saturated heterocycles. The average molecular weight is 272 g/mol. The largest absolute Gasteiger partial charge is 0.383 e. The molecule has 1 unspecified atom stereocenters. The zero-order valence-electron chi connectivity index (χ0n) is 13.0. The van der Waals surface area contributed by atoms with E-state index >= 15 is 0 Å². The van der Waals surface area contributed by atoms with Crippen molar-refractivity contribution in [2.75, 3.05) is 25.0 Å². The summed E-state index contributed by atoms with van der Waals surface area (Å²) >= 11 is 0. The smallest absolute Gasteiger partial charge is 0.0373 e. The molecule has 1 N–H and O–H groups in total. The van der Waals surface area contributed by atoms with Crippen LogP contribution < -0.4 is 5.32 Å². The quantitative estimate of drug-likeness (QED) is 0.877. The first-order valence-electron chi connectivity index (χ1n) is 8.26. The van der Waals surface area contributed by atoms with E-state index in [9.17, 15) is 0 Å². The molecular weight excluding hydrogens is 244 g/mol. The number of nitrogens with zero attached hydrogens (tertiary/aromatic N) is 1. The minimum atomic E-state index is 0.595. The lowest BCUT2D eigenvalue weighted by atomic mass is 9.78. The molecule has 110 valence electrons. The van der Waals surface area contributed by atoms with Crippen molar-refractivity contribution in [1.82, 2.24) is 4.90 Å². The van der Waals surface area contributed by atoms with Crippen molar-refractivity contribution in [2.24, 2.45) is 5.41 Å². The van der Waals surface area contributed by atoms with E-state index < -0.39 is 0 Å². The lowest BCUT2D eigenvalue weighted by molar-refractivity contribution is 0.0820. The molecule has 2 aliphatic heterocycles. The van der Waals surface area contributed by atoms with Crippen molar-refractivity contribution >= 4 is 5.69 Å². The monoisotopic (exact) mass is 272 g/mol. The van der Waals surface area contributed by atoms with Crippen LogP contribution in [-0.4, -0.2) is 30.6 Å². The van der Waals surface area contributed by atoms with Gasteiger partial charge in [-0.2, -0.15) is 0 Å². The lowest BCUT2D eigenvalue weighted by Gasteiger charge is -2.42. The number of piperidine rings is 1. The highest BCUT2D eigenvalue weighted by atomic mass is 15.2. The Hall–Kier alpha value is -1.02. The van der Waals surface area contributed by atoms with Crippen LogP contribution in [0, 0.1) is 5.41 Å². The molecule has 0 amide bonds. The van der Waals surface area contributed by atoms with Gasteiger partial charge in [0.1, 0.15) is 0 Å². The van der Waals surface area contributed by atoms with E-state index in [1.165, 1.54) is 56.4 Å². The van der Waals surface area contributed by atoms with Gasteiger partial charge in [-0.1, -0.05) is 38.5 Å². The zero-order chi connectivity index (χ0) is 14.0. The molecule has 1 fully saturated rings. The van der Waals surface area contributed by atoms with Gasteiger partial charge in [0.15, 0.2) is 0 Å². The number of rotatable bonds is 2. The SMILES string of the molecule is CCC1(C)CCN(C2CCc3ccccc3NC2)CC1. The highest BCUT2D eigenvalue weighted by Crippen LogP contribution is 2.35. The minimum Gasteiger partial charge on any atom is -0.383 e. The third-order valence-corrected chi connectivity index (χ3v) is 5.67. The molecule has 3 rings (SSSR count). The maximum Gasteiger partial charge on any atom is 0.0373 e. The molecule has 0 aromatic heterocycles. The summed E-state index contributed by atoms with van der Waals surface area (Å²) in [7, 11) is 0. The first-order valence-corrected chi connectivity index (χ1v) is 8.26. The maximum absolute atomic E-state index is 3.67. The van der Waals surface area contributed by atoms with Crippen molar-refractivity contribution in [1.29, 1.82) is 0 Å². The first kappa shape index (κ1) is 13.9. The number of hydrogen-bond donors (Lipinski definition) is 1. The molecule has 2 heterocycles. The number of likely N-dealkylation sites (tertiary alicyclic amines) is 1. The van der Waals surface area contributed by atoms with Crippen LogP contribution >= 0.6 is 0 Å². The van der Waals surface area contributed by atoms with Gasteiger partial charge >= 0.3 is 0 Å². The summed E-state index contributed by atoms with van der Waals surface area (Å²) in [5, 5.41) is 3.67. The first-order chi connectivity index (χ1) is 9.70. The second kappa shape index (κ2) is 5.77. The molecule has 0 saturated carbocycles. The van der Waals surface area contributed by atoms with E-state index in [4.69, 9.17) is 0 Å². The summed E-state index contributed by atoms with van der Waals surface area (Å²) in [5.74, 6) is 0. The molecule has 2 nitrogen and oxygen atoms in total. The van der Waals surface area contributed by atoms with Crippen molar-refractivity contribution in [3.05, 3.63) is 29.8 Å². The maximum atomic E-state index is 3.67. The Balaban J connectivity index is 1.61. The molecule has 0 radical (unpaired) electrons. The summed E-state index contributed by atoms with van der Waals surface area (Å²) in [5.41, 5.74) is 3.44. The summed E-state index contributed by atoms with van der Waals surface area (Å²) in [4.78, 5) is 2.73. The van der Waals surface area contributed by atoms with Crippen molar-refractivity contribution in [3.63, 3.8) is 0 Å². The Morgan fingerprint density at radius 2 is 2.00 bits per heavy atom. The van der Waals surface area contributed by atoms with Gasteiger partial charge in [-0.3, -0.25) is 4.90 Å². The van der Waals surface area contributed by atoms with Crippen molar-refractivity contribution in [2.45, 2.75) is 52.0 Å². The van der Waals surface area contributed by atoms with Gasteiger partial charge in [0, 0.05) is 18.3 Å². The predicted molar refractivity (Wildman–Crippen MR) is 86.2 cm³/mol. The third-order valence-electron chi connectivity index (χ3n) is 5.67. The van der Waals surface area contributed by atoms with Crippen LogP contribution in [0.5, 0.6) is 0 Å². The predicted octanol–water partition coefficient (Wildman–Crippen LogP) is 3.93. The van der Waals surface area contributed by atoms with Crippen molar-refractivity contribution < 1.29 is 0 Å². The van der Waals surface area contributed by atoms with Crippen LogP contribution in [0.1, 0.15) is 45.1 Å². The van der Waals surface area contributed by atoms with Crippen LogP contribution in [0.2, 0.25) is 0 Å². The molecule has 1 atom stereocenters. The molecule has 1 aromatic carbocycles. The number of anilines is 1. The molecule has 0 aliphatic carbocycles. The third kappa shape index (κ3) is 2.85. The van der Waals surface area contributed by atoms with E-state index in [0.717, 1.165) is 6.54 Å². The Bertz CT molecular complexity index is 419. The number of benzene rings is 1. The van der Waals surface area contributed by atoms with Crippen LogP contribution in [-0.2, 0) is 6.42 Å². The molecule has 2 aliphatic rings.